The number of para-hydroxylation sites is 5. The van der Waals surface area contributed by atoms with Crippen LogP contribution in [0.25, 0.3) is 106 Å². The van der Waals surface area contributed by atoms with Gasteiger partial charge in [-0.25, -0.2) is 15.0 Å². The van der Waals surface area contributed by atoms with Gasteiger partial charge in [0.25, 0.3) is 0 Å². The Kier molecular flexibility index (Phi) is 6.83. The average Bonchev–Trinajstić information content (AvgIpc) is 3.93. The number of fused-ring (bicyclic) bond motifs is 9. The van der Waals surface area contributed by atoms with Gasteiger partial charge in [0.15, 0.2) is 5.82 Å². The highest BCUT2D eigenvalue weighted by Gasteiger charge is 2.19. The summed E-state index contributed by atoms with van der Waals surface area (Å²) in [7, 11) is 0. The van der Waals surface area contributed by atoms with Crippen LogP contribution in [0.1, 0.15) is 0 Å². The van der Waals surface area contributed by atoms with Crippen molar-refractivity contribution in [3.05, 3.63) is 194 Å². The lowest BCUT2D eigenvalue weighted by Crippen LogP contribution is -1.97. The second kappa shape index (κ2) is 12.3. The third-order valence-electron chi connectivity index (χ3n) is 11.3. The van der Waals surface area contributed by atoms with Crippen LogP contribution in [0.15, 0.2) is 194 Å². The molecular weight excluding hydrogens is 697 g/mol. The molecule has 0 aliphatic heterocycles. The highest BCUT2D eigenvalue weighted by molar-refractivity contribution is 6.10. The summed E-state index contributed by atoms with van der Waals surface area (Å²) in [5, 5.41) is 3.46. The van der Waals surface area contributed by atoms with Crippen LogP contribution < -0.4 is 0 Å². The second-order valence-corrected chi connectivity index (χ2v) is 14.5. The summed E-state index contributed by atoms with van der Waals surface area (Å²) in [6.07, 6.45) is 0. The zero-order valence-electron chi connectivity index (χ0n) is 30.7. The smallest absolute Gasteiger partial charge is 0.220 e. The van der Waals surface area contributed by atoms with Crippen molar-refractivity contribution in [2.24, 2.45) is 0 Å². The summed E-state index contributed by atoms with van der Waals surface area (Å²) in [6.45, 7) is 0. The first-order chi connectivity index (χ1) is 28.3. The van der Waals surface area contributed by atoms with Crippen molar-refractivity contribution < 1.29 is 0 Å². The summed E-state index contributed by atoms with van der Waals surface area (Å²) in [4.78, 5) is 15.3. The monoisotopic (exact) mass is 728 g/mol. The average molecular weight is 729 g/mol. The number of hydrogen-bond acceptors (Lipinski definition) is 3. The Balaban J connectivity index is 0.970. The van der Waals surface area contributed by atoms with Crippen molar-refractivity contribution in [1.29, 1.82) is 0 Å². The first-order valence-corrected chi connectivity index (χ1v) is 19.2. The molecule has 0 N–H and O–H groups in total. The lowest BCUT2D eigenvalue weighted by molar-refractivity contribution is 1.11. The minimum Gasteiger partial charge on any atom is -0.309 e. The topological polar surface area (TPSA) is 52.9 Å². The van der Waals surface area contributed by atoms with E-state index >= 15 is 0 Å². The van der Waals surface area contributed by atoms with Gasteiger partial charge in [-0.2, -0.15) is 0 Å². The van der Waals surface area contributed by atoms with Gasteiger partial charge in [0, 0.05) is 38.7 Å². The highest BCUT2D eigenvalue weighted by atomic mass is 15.2. The van der Waals surface area contributed by atoms with Crippen LogP contribution in [-0.4, -0.2) is 28.5 Å². The minimum absolute atomic E-state index is 0.711. The number of aromatic nitrogens is 6. The molecule has 0 saturated carbocycles. The Bertz CT molecular complexity index is 3500. The van der Waals surface area contributed by atoms with E-state index in [1.807, 2.05) is 18.2 Å². The third-order valence-corrected chi connectivity index (χ3v) is 11.3. The SMILES string of the molecule is c1ccc(-c2nc(-c3ccc(-n4c5ccccc5c5cc(-c6ccc7nc8n(-c9ccccc9)c9ccccc9n8c7c6)ccc54)cc3)nc3ccccc23)cc1. The molecule has 6 heteroatoms. The van der Waals surface area contributed by atoms with E-state index in [4.69, 9.17) is 15.0 Å². The highest BCUT2D eigenvalue weighted by Crippen LogP contribution is 2.37. The van der Waals surface area contributed by atoms with Gasteiger partial charge in [-0.3, -0.25) is 8.97 Å². The number of hydrogen-bond donors (Lipinski definition) is 0. The molecular formula is C51H32N6. The predicted octanol–water partition coefficient (Wildman–Crippen LogP) is 12.5. The Morgan fingerprint density at radius 2 is 0.930 bits per heavy atom. The van der Waals surface area contributed by atoms with Crippen LogP contribution >= 0.6 is 0 Å². The van der Waals surface area contributed by atoms with Crippen molar-refractivity contribution in [3.63, 3.8) is 0 Å². The molecule has 0 unspecified atom stereocenters. The molecule has 6 nitrogen and oxygen atoms in total. The molecule has 8 aromatic carbocycles. The van der Waals surface area contributed by atoms with Crippen molar-refractivity contribution in [2.45, 2.75) is 0 Å². The number of nitrogens with zero attached hydrogens (tertiary/aromatic N) is 6. The summed E-state index contributed by atoms with van der Waals surface area (Å²) >= 11 is 0. The first-order valence-electron chi connectivity index (χ1n) is 19.2. The molecule has 0 bridgehead atoms. The van der Waals surface area contributed by atoms with E-state index in [-0.39, 0.29) is 0 Å². The molecule has 0 saturated heterocycles. The predicted molar refractivity (Wildman–Crippen MR) is 233 cm³/mol. The Hall–Kier alpha value is -7.83. The van der Waals surface area contributed by atoms with E-state index in [2.05, 4.69) is 189 Å². The number of benzene rings is 8. The Labute approximate surface area is 327 Å². The summed E-state index contributed by atoms with van der Waals surface area (Å²) < 4.78 is 6.90. The van der Waals surface area contributed by atoms with Gasteiger partial charge < -0.3 is 4.57 Å². The zero-order valence-corrected chi connectivity index (χ0v) is 30.7. The molecule has 0 spiro atoms. The van der Waals surface area contributed by atoms with Crippen LogP contribution in [-0.2, 0) is 0 Å². The van der Waals surface area contributed by atoms with Crippen LogP contribution in [0.2, 0.25) is 0 Å². The van der Waals surface area contributed by atoms with Crippen molar-refractivity contribution in [2.75, 3.05) is 0 Å². The van der Waals surface area contributed by atoms with E-state index in [0.717, 1.165) is 89.1 Å². The van der Waals surface area contributed by atoms with Crippen LogP contribution in [0.5, 0.6) is 0 Å². The summed E-state index contributed by atoms with van der Waals surface area (Å²) in [6, 6.07) is 68.4. The van der Waals surface area contributed by atoms with Crippen molar-refractivity contribution >= 4 is 60.6 Å². The Morgan fingerprint density at radius 3 is 1.75 bits per heavy atom. The lowest BCUT2D eigenvalue weighted by atomic mass is 10.0. The van der Waals surface area contributed by atoms with Gasteiger partial charge in [0.1, 0.15) is 0 Å². The maximum atomic E-state index is 5.16. The fourth-order valence-corrected chi connectivity index (χ4v) is 8.62. The van der Waals surface area contributed by atoms with Crippen molar-refractivity contribution in [3.8, 4) is 45.1 Å². The van der Waals surface area contributed by atoms with Crippen LogP contribution in [0.3, 0.4) is 0 Å². The van der Waals surface area contributed by atoms with Gasteiger partial charge in [0.05, 0.1) is 44.3 Å². The molecule has 12 rings (SSSR count). The Morgan fingerprint density at radius 1 is 0.316 bits per heavy atom. The van der Waals surface area contributed by atoms with E-state index in [1.165, 1.54) is 10.8 Å². The number of rotatable bonds is 5. The maximum absolute atomic E-state index is 5.16. The molecule has 0 aliphatic rings. The molecule has 57 heavy (non-hydrogen) atoms. The van der Waals surface area contributed by atoms with Gasteiger partial charge in [-0.05, 0) is 96.1 Å². The third kappa shape index (κ3) is 4.87. The van der Waals surface area contributed by atoms with Gasteiger partial charge >= 0.3 is 0 Å². The van der Waals surface area contributed by atoms with E-state index in [9.17, 15) is 0 Å². The van der Waals surface area contributed by atoms with Gasteiger partial charge in [0.2, 0.25) is 5.78 Å². The fraction of sp³-hybridized carbons (Fsp3) is 0. The second-order valence-electron chi connectivity index (χ2n) is 14.5. The first kappa shape index (κ1) is 31.5. The van der Waals surface area contributed by atoms with Gasteiger partial charge in [-0.1, -0.05) is 109 Å². The standard InChI is InChI=1S/C51H32N6/c1-3-13-33(14-4-1)49-40-18-7-9-19-42(40)52-50(54-49)34-23-27-38(28-24-34)55-44-20-10-8-17-39(44)41-31-35(26-30-45(41)55)36-25-29-43-48(32-36)57-47-22-12-11-21-46(47)56(51(57)53-43)37-15-5-2-6-16-37/h1-32H. The van der Waals surface area contributed by atoms with Gasteiger partial charge in [-0.15, -0.1) is 0 Å². The molecule has 0 amide bonds. The van der Waals surface area contributed by atoms with Crippen molar-refractivity contribution in [1.82, 2.24) is 28.5 Å². The van der Waals surface area contributed by atoms with Crippen LogP contribution in [0, 0.1) is 0 Å². The molecule has 0 aliphatic carbocycles. The van der Waals surface area contributed by atoms with E-state index in [0.29, 0.717) is 5.82 Å². The number of imidazole rings is 2. The molecule has 266 valence electrons. The zero-order chi connectivity index (χ0) is 37.5. The molecule has 4 aromatic heterocycles. The molecule has 4 heterocycles. The minimum atomic E-state index is 0.711. The van der Waals surface area contributed by atoms with Crippen LogP contribution in [0.4, 0.5) is 0 Å². The lowest BCUT2D eigenvalue weighted by Gasteiger charge is -2.11. The van der Waals surface area contributed by atoms with E-state index in [1.54, 1.807) is 0 Å². The maximum Gasteiger partial charge on any atom is 0.220 e. The summed E-state index contributed by atoms with van der Waals surface area (Å²) in [5.74, 6) is 1.62. The quantitative estimate of drug-likeness (QED) is 0.177. The largest absolute Gasteiger partial charge is 0.309 e. The molecule has 0 radical (unpaired) electrons. The molecule has 0 fully saturated rings. The van der Waals surface area contributed by atoms with E-state index < -0.39 is 0 Å². The normalized spacial score (nSPS) is 11.9. The molecule has 12 aromatic rings. The summed E-state index contributed by atoms with van der Waals surface area (Å²) in [5.41, 5.74) is 15.0. The fourth-order valence-electron chi connectivity index (χ4n) is 8.62. The molecule has 0 atom stereocenters.